The molecule has 122 valence electrons. The van der Waals surface area contributed by atoms with Crippen LogP contribution in [-0.4, -0.2) is 10.8 Å². The normalized spacial score (nSPS) is 11.4. The van der Waals surface area contributed by atoms with Gasteiger partial charge < -0.3 is 5.32 Å². The third-order valence-corrected chi connectivity index (χ3v) is 3.49. The van der Waals surface area contributed by atoms with Gasteiger partial charge in [-0.3, -0.25) is 14.9 Å². The van der Waals surface area contributed by atoms with E-state index in [0.29, 0.717) is 10.6 Å². The first-order valence-corrected chi connectivity index (χ1v) is 7.15. The minimum absolute atomic E-state index is 0.00546. The van der Waals surface area contributed by atoms with Crippen molar-refractivity contribution >= 4 is 23.2 Å². The highest BCUT2D eigenvalue weighted by Crippen LogP contribution is 2.18. The second-order valence-corrected chi connectivity index (χ2v) is 5.33. The lowest BCUT2D eigenvalue weighted by atomic mass is 10.1. The maximum absolute atomic E-state index is 13.8. The van der Waals surface area contributed by atoms with Gasteiger partial charge in [-0.25, -0.2) is 4.39 Å². The zero-order valence-corrected chi connectivity index (χ0v) is 13.0. The molecular formula is C16H11ClFN3O3. The average Bonchev–Trinajstić information content (AvgIpc) is 2.55. The van der Waals surface area contributed by atoms with Crippen molar-refractivity contribution in [2.75, 3.05) is 0 Å². The third-order valence-electron chi connectivity index (χ3n) is 3.24. The predicted octanol–water partition coefficient (Wildman–Crippen LogP) is 3.31. The minimum atomic E-state index is -0.907. The molecule has 24 heavy (non-hydrogen) atoms. The van der Waals surface area contributed by atoms with E-state index in [2.05, 4.69) is 5.32 Å². The zero-order chi connectivity index (χ0) is 17.7. The topological polar surface area (TPSA) is 96.0 Å². The molecule has 1 atom stereocenters. The molecule has 0 radical (unpaired) electrons. The van der Waals surface area contributed by atoms with Gasteiger partial charge in [-0.1, -0.05) is 23.7 Å². The van der Waals surface area contributed by atoms with E-state index in [0.717, 1.165) is 12.1 Å². The first-order valence-electron chi connectivity index (χ1n) is 6.78. The number of carbonyl (C=O) groups excluding carboxylic acids is 1. The Balaban J connectivity index is 2.08. The Hall–Kier alpha value is -2.98. The average molecular weight is 348 g/mol. The fourth-order valence-electron chi connectivity index (χ4n) is 2.02. The highest BCUT2D eigenvalue weighted by molar-refractivity contribution is 6.30. The molecule has 0 saturated heterocycles. The molecule has 0 aliphatic rings. The van der Waals surface area contributed by atoms with Gasteiger partial charge in [0, 0.05) is 11.1 Å². The Labute approximate surface area is 141 Å². The third kappa shape index (κ3) is 4.27. The fraction of sp³-hybridized carbons (Fsp3) is 0.125. The maximum Gasteiger partial charge on any atom is 0.272 e. The number of nitro groups is 1. The lowest BCUT2D eigenvalue weighted by Crippen LogP contribution is -2.29. The Morgan fingerprint density at radius 1 is 1.33 bits per heavy atom. The van der Waals surface area contributed by atoms with Crippen LogP contribution in [0.4, 0.5) is 10.1 Å². The second-order valence-electron chi connectivity index (χ2n) is 4.89. The van der Waals surface area contributed by atoms with E-state index in [1.165, 1.54) is 6.07 Å². The summed E-state index contributed by atoms with van der Waals surface area (Å²) in [6.07, 6.45) is -0.338. The van der Waals surface area contributed by atoms with Crippen LogP contribution in [-0.2, 0) is 11.2 Å². The van der Waals surface area contributed by atoms with E-state index in [-0.39, 0.29) is 12.0 Å². The molecule has 0 bridgehead atoms. The van der Waals surface area contributed by atoms with Crippen LogP contribution in [0.5, 0.6) is 0 Å². The Morgan fingerprint density at radius 2 is 2.00 bits per heavy atom. The van der Waals surface area contributed by atoms with E-state index in [9.17, 15) is 19.3 Å². The van der Waals surface area contributed by atoms with Crippen molar-refractivity contribution in [3.8, 4) is 6.07 Å². The first-order chi connectivity index (χ1) is 11.4. The van der Waals surface area contributed by atoms with Gasteiger partial charge in [0.1, 0.15) is 11.9 Å². The summed E-state index contributed by atoms with van der Waals surface area (Å²) in [6, 6.07) is 10.5. The van der Waals surface area contributed by atoms with Gasteiger partial charge in [-0.05, 0) is 29.3 Å². The van der Waals surface area contributed by atoms with E-state index >= 15 is 0 Å². The molecule has 1 N–H and O–H groups in total. The van der Waals surface area contributed by atoms with E-state index in [1.54, 1.807) is 24.3 Å². The van der Waals surface area contributed by atoms with E-state index in [4.69, 9.17) is 16.9 Å². The number of benzene rings is 2. The number of hydrogen-bond acceptors (Lipinski definition) is 4. The summed E-state index contributed by atoms with van der Waals surface area (Å²) in [5, 5.41) is 22.7. The van der Waals surface area contributed by atoms with Gasteiger partial charge in [0.15, 0.2) is 0 Å². The highest BCUT2D eigenvalue weighted by atomic mass is 35.5. The Morgan fingerprint density at radius 3 is 2.54 bits per heavy atom. The van der Waals surface area contributed by atoms with Crippen molar-refractivity contribution < 1.29 is 14.1 Å². The van der Waals surface area contributed by atoms with E-state index < -0.39 is 28.4 Å². The lowest BCUT2D eigenvalue weighted by Gasteiger charge is -2.12. The van der Waals surface area contributed by atoms with Crippen molar-refractivity contribution in [2.24, 2.45) is 0 Å². The number of carbonyl (C=O) groups is 1. The number of nitrogens with one attached hydrogen (secondary N) is 1. The molecule has 0 unspecified atom stereocenters. The van der Waals surface area contributed by atoms with Gasteiger partial charge >= 0.3 is 0 Å². The number of nitriles is 1. The van der Waals surface area contributed by atoms with Crippen molar-refractivity contribution in [3.63, 3.8) is 0 Å². The maximum atomic E-state index is 13.8. The lowest BCUT2D eigenvalue weighted by molar-refractivity contribution is -0.385. The molecule has 2 aromatic carbocycles. The molecule has 6 nitrogen and oxygen atoms in total. The molecule has 2 rings (SSSR count). The SMILES string of the molecule is N#C[C@H](NC(=O)Cc1ccc([N+](=O)[O-])cc1F)c1ccc(Cl)cc1. The molecule has 0 aromatic heterocycles. The number of non-ortho nitro benzene ring substituents is 1. The highest BCUT2D eigenvalue weighted by Gasteiger charge is 2.17. The Bertz CT molecular complexity index is 818. The van der Waals surface area contributed by atoms with Crippen LogP contribution in [0.2, 0.25) is 5.02 Å². The molecule has 0 aliphatic carbocycles. The van der Waals surface area contributed by atoms with Crippen LogP contribution in [0.15, 0.2) is 42.5 Å². The smallest absolute Gasteiger partial charge is 0.272 e. The van der Waals surface area contributed by atoms with Crippen molar-refractivity contribution in [1.29, 1.82) is 5.26 Å². The number of rotatable bonds is 5. The number of nitro benzene ring substituents is 1. The van der Waals surface area contributed by atoms with Crippen molar-refractivity contribution in [1.82, 2.24) is 5.32 Å². The zero-order valence-electron chi connectivity index (χ0n) is 12.2. The summed E-state index contributed by atoms with van der Waals surface area (Å²) >= 11 is 5.77. The van der Waals surface area contributed by atoms with Crippen LogP contribution in [0.25, 0.3) is 0 Å². The standard InChI is InChI=1S/C16H11ClFN3O3/c17-12-4-1-10(2-5-12)15(9-19)20-16(22)7-11-3-6-13(21(23)24)8-14(11)18/h1-6,8,15H,7H2,(H,20,22)/t15-/m0/s1. The fourth-order valence-corrected chi connectivity index (χ4v) is 2.15. The summed E-state index contributed by atoms with van der Waals surface area (Å²) in [6.45, 7) is 0. The van der Waals surface area contributed by atoms with Crippen LogP contribution in [0.3, 0.4) is 0 Å². The summed E-state index contributed by atoms with van der Waals surface area (Å²) < 4.78 is 13.8. The molecule has 2 aromatic rings. The quantitative estimate of drug-likeness (QED) is 0.662. The summed E-state index contributed by atoms with van der Waals surface area (Å²) in [4.78, 5) is 21.8. The molecular weight excluding hydrogens is 337 g/mol. The summed E-state index contributed by atoms with van der Waals surface area (Å²) in [7, 11) is 0. The number of nitrogens with zero attached hydrogens (tertiary/aromatic N) is 2. The second kappa shape index (κ2) is 7.53. The first kappa shape index (κ1) is 17.4. The summed E-state index contributed by atoms with van der Waals surface area (Å²) in [5.74, 6) is -1.43. The molecule has 0 spiro atoms. The predicted molar refractivity (Wildman–Crippen MR) is 84.7 cm³/mol. The van der Waals surface area contributed by atoms with Gasteiger partial charge in [0.2, 0.25) is 5.91 Å². The van der Waals surface area contributed by atoms with Crippen LogP contribution in [0, 0.1) is 27.3 Å². The van der Waals surface area contributed by atoms with Gasteiger partial charge in [-0.2, -0.15) is 5.26 Å². The number of halogens is 2. The van der Waals surface area contributed by atoms with E-state index in [1.807, 2.05) is 6.07 Å². The molecule has 0 aliphatic heterocycles. The van der Waals surface area contributed by atoms with Gasteiger partial charge in [-0.15, -0.1) is 0 Å². The molecule has 8 heteroatoms. The van der Waals surface area contributed by atoms with Crippen LogP contribution < -0.4 is 5.32 Å². The van der Waals surface area contributed by atoms with Gasteiger partial charge in [0.05, 0.1) is 23.5 Å². The monoisotopic (exact) mass is 347 g/mol. The molecule has 1 amide bonds. The molecule has 0 heterocycles. The molecule has 0 saturated carbocycles. The van der Waals surface area contributed by atoms with Crippen LogP contribution >= 0.6 is 11.6 Å². The van der Waals surface area contributed by atoms with Crippen LogP contribution in [0.1, 0.15) is 17.2 Å². The number of hydrogen-bond donors (Lipinski definition) is 1. The Kier molecular flexibility index (Phi) is 5.45. The molecule has 0 fully saturated rings. The van der Waals surface area contributed by atoms with Crippen molar-refractivity contribution in [2.45, 2.75) is 12.5 Å². The summed E-state index contributed by atoms with van der Waals surface area (Å²) in [5.41, 5.74) is 0.151. The minimum Gasteiger partial charge on any atom is -0.336 e. The number of amides is 1. The van der Waals surface area contributed by atoms with Gasteiger partial charge in [0.25, 0.3) is 5.69 Å². The van der Waals surface area contributed by atoms with Crippen molar-refractivity contribution in [3.05, 3.63) is 74.5 Å². The largest absolute Gasteiger partial charge is 0.336 e.